The van der Waals surface area contributed by atoms with E-state index in [4.69, 9.17) is 9.47 Å². The van der Waals surface area contributed by atoms with Crippen molar-refractivity contribution >= 4 is 5.57 Å². The van der Waals surface area contributed by atoms with Crippen LogP contribution in [0.3, 0.4) is 0 Å². The molecular weight excluding hydrogens is 212 g/mol. The van der Waals surface area contributed by atoms with Crippen molar-refractivity contribution in [2.24, 2.45) is 0 Å². The molecule has 1 atom stereocenters. The summed E-state index contributed by atoms with van der Waals surface area (Å²) in [6, 6.07) is 7.96. The summed E-state index contributed by atoms with van der Waals surface area (Å²) in [5.41, 5.74) is 2.20. The Morgan fingerprint density at radius 3 is 2.35 bits per heavy atom. The normalized spacial score (nSPS) is 12.2. The second-order valence-corrected chi connectivity index (χ2v) is 4.13. The van der Waals surface area contributed by atoms with Gasteiger partial charge in [-0.1, -0.05) is 38.1 Å². The first kappa shape index (κ1) is 13.8. The maximum absolute atomic E-state index is 5.75. The lowest BCUT2D eigenvalue weighted by Gasteiger charge is -2.18. The Morgan fingerprint density at radius 2 is 1.88 bits per heavy atom. The summed E-state index contributed by atoms with van der Waals surface area (Å²) >= 11 is 0. The molecule has 2 heteroatoms. The molecule has 0 aliphatic carbocycles. The Labute approximate surface area is 104 Å². The van der Waals surface area contributed by atoms with Crippen LogP contribution < -0.4 is 4.74 Å². The van der Waals surface area contributed by atoms with Gasteiger partial charge in [-0.2, -0.15) is 0 Å². The minimum absolute atomic E-state index is 0.148. The molecule has 0 fully saturated rings. The monoisotopic (exact) mass is 234 g/mol. The summed E-state index contributed by atoms with van der Waals surface area (Å²) in [7, 11) is 0. The number of benzene rings is 1. The minimum Gasteiger partial charge on any atom is -0.465 e. The van der Waals surface area contributed by atoms with Crippen LogP contribution in [0, 0.1) is 0 Å². The Balaban J connectivity index is 2.57. The third-order valence-corrected chi connectivity index (χ3v) is 2.46. The third kappa shape index (κ3) is 4.61. The van der Waals surface area contributed by atoms with E-state index in [0.29, 0.717) is 0 Å². The molecule has 0 aromatic heterocycles. The maximum atomic E-state index is 5.75. The second-order valence-electron chi connectivity index (χ2n) is 4.13. The molecule has 0 amide bonds. The molecule has 1 aromatic rings. The molecule has 2 nitrogen and oxygen atoms in total. The summed E-state index contributed by atoms with van der Waals surface area (Å²) in [5, 5.41) is 0. The highest BCUT2D eigenvalue weighted by molar-refractivity contribution is 5.61. The SMILES string of the molecule is C=C(C)c1ccc(OC(CC)OCCC)cc1. The van der Waals surface area contributed by atoms with Gasteiger partial charge in [-0.25, -0.2) is 0 Å². The summed E-state index contributed by atoms with van der Waals surface area (Å²) < 4.78 is 11.3. The molecule has 1 aromatic carbocycles. The van der Waals surface area contributed by atoms with Gasteiger partial charge < -0.3 is 9.47 Å². The van der Waals surface area contributed by atoms with Crippen LogP contribution in [0.25, 0.3) is 5.57 Å². The van der Waals surface area contributed by atoms with Crippen molar-refractivity contribution in [2.75, 3.05) is 6.61 Å². The lowest BCUT2D eigenvalue weighted by molar-refractivity contribution is -0.0812. The highest BCUT2D eigenvalue weighted by Gasteiger charge is 2.07. The van der Waals surface area contributed by atoms with Gasteiger partial charge in [0.1, 0.15) is 5.75 Å². The summed E-state index contributed by atoms with van der Waals surface area (Å²) in [5.74, 6) is 0.845. The molecule has 0 spiro atoms. The van der Waals surface area contributed by atoms with E-state index >= 15 is 0 Å². The lowest BCUT2D eigenvalue weighted by atomic mass is 10.1. The van der Waals surface area contributed by atoms with Crippen LogP contribution in [-0.4, -0.2) is 12.9 Å². The second kappa shape index (κ2) is 7.13. The zero-order valence-electron chi connectivity index (χ0n) is 11.0. The highest BCUT2D eigenvalue weighted by atomic mass is 16.7. The van der Waals surface area contributed by atoms with Crippen LogP contribution >= 0.6 is 0 Å². The van der Waals surface area contributed by atoms with Gasteiger partial charge in [0.15, 0.2) is 6.29 Å². The number of ether oxygens (including phenoxy) is 2. The largest absolute Gasteiger partial charge is 0.465 e. The molecule has 0 saturated heterocycles. The molecule has 0 N–H and O–H groups in total. The fraction of sp³-hybridized carbons (Fsp3) is 0.467. The molecule has 0 heterocycles. The van der Waals surface area contributed by atoms with Gasteiger partial charge in [-0.15, -0.1) is 0 Å². The summed E-state index contributed by atoms with van der Waals surface area (Å²) in [6.45, 7) is 10.8. The zero-order valence-corrected chi connectivity index (χ0v) is 11.0. The predicted octanol–water partition coefficient (Wildman–Crippen LogP) is 4.26. The Bertz CT molecular complexity index is 340. The lowest BCUT2D eigenvalue weighted by Crippen LogP contribution is -2.19. The van der Waals surface area contributed by atoms with Crippen LogP contribution in [0.15, 0.2) is 30.8 Å². The van der Waals surface area contributed by atoms with Gasteiger partial charge in [-0.3, -0.25) is 0 Å². The first-order chi connectivity index (χ1) is 8.17. The molecule has 0 bridgehead atoms. The summed E-state index contributed by atoms with van der Waals surface area (Å²) in [6.07, 6.45) is 1.71. The summed E-state index contributed by atoms with van der Waals surface area (Å²) in [4.78, 5) is 0. The van der Waals surface area contributed by atoms with Gasteiger partial charge >= 0.3 is 0 Å². The van der Waals surface area contributed by atoms with Crippen molar-refractivity contribution in [1.82, 2.24) is 0 Å². The van der Waals surface area contributed by atoms with E-state index in [2.05, 4.69) is 20.4 Å². The number of allylic oxidation sites excluding steroid dienone is 1. The van der Waals surface area contributed by atoms with Gasteiger partial charge in [0.25, 0.3) is 0 Å². The molecule has 0 saturated carbocycles. The first-order valence-electron chi connectivity index (χ1n) is 6.21. The van der Waals surface area contributed by atoms with E-state index in [1.54, 1.807) is 0 Å². The topological polar surface area (TPSA) is 18.5 Å². The molecule has 0 aliphatic rings. The quantitative estimate of drug-likeness (QED) is 0.656. The predicted molar refractivity (Wildman–Crippen MR) is 72.1 cm³/mol. The van der Waals surface area contributed by atoms with E-state index in [1.807, 2.05) is 31.2 Å². The van der Waals surface area contributed by atoms with E-state index in [0.717, 1.165) is 36.3 Å². The Hall–Kier alpha value is -1.28. The molecule has 17 heavy (non-hydrogen) atoms. The first-order valence-corrected chi connectivity index (χ1v) is 6.21. The van der Waals surface area contributed by atoms with Crippen molar-refractivity contribution in [2.45, 2.75) is 39.9 Å². The number of hydrogen-bond donors (Lipinski definition) is 0. The molecule has 0 radical (unpaired) electrons. The van der Waals surface area contributed by atoms with Gasteiger partial charge in [-0.05, 0) is 31.0 Å². The van der Waals surface area contributed by atoms with E-state index in [9.17, 15) is 0 Å². The van der Waals surface area contributed by atoms with Crippen molar-refractivity contribution < 1.29 is 9.47 Å². The van der Waals surface area contributed by atoms with Gasteiger partial charge in [0.2, 0.25) is 0 Å². The van der Waals surface area contributed by atoms with E-state index < -0.39 is 0 Å². The highest BCUT2D eigenvalue weighted by Crippen LogP contribution is 2.19. The Kier molecular flexibility index (Phi) is 5.78. The van der Waals surface area contributed by atoms with Crippen molar-refractivity contribution in [3.63, 3.8) is 0 Å². The van der Waals surface area contributed by atoms with Gasteiger partial charge in [0.05, 0.1) is 6.61 Å². The van der Waals surface area contributed by atoms with Crippen molar-refractivity contribution in [3.8, 4) is 5.75 Å². The molecule has 1 rings (SSSR count). The fourth-order valence-electron chi connectivity index (χ4n) is 1.45. The van der Waals surface area contributed by atoms with Gasteiger partial charge in [0, 0.05) is 6.42 Å². The average Bonchev–Trinajstić information content (AvgIpc) is 2.35. The average molecular weight is 234 g/mol. The van der Waals surface area contributed by atoms with Crippen LogP contribution in [-0.2, 0) is 4.74 Å². The molecule has 1 unspecified atom stereocenters. The van der Waals surface area contributed by atoms with Crippen LogP contribution in [0.1, 0.15) is 39.2 Å². The molecule has 94 valence electrons. The van der Waals surface area contributed by atoms with Crippen LogP contribution in [0.5, 0.6) is 5.75 Å². The smallest absolute Gasteiger partial charge is 0.199 e. The number of rotatable bonds is 7. The molecule has 0 aliphatic heterocycles. The standard InChI is InChI=1S/C15H22O2/c1-5-11-16-15(6-2)17-14-9-7-13(8-10-14)12(3)4/h7-10,15H,3,5-6,11H2,1-2,4H3. The van der Waals surface area contributed by atoms with Crippen LogP contribution in [0.4, 0.5) is 0 Å². The van der Waals surface area contributed by atoms with E-state index in [-0.39, 0.29) is 6.29 Å². The van der Waals surface area contributed by atoms with Crippen molar-refractivity contribution in [1.29, 1.82) is 0 Å². The minimum atomic E-state index is -0.148. The van der Waals surface area contributed by atoms with E-state index in [1.165, 1.54) is 0 Å². The molecular formula is C15H22O2. The Morgan fingerprint density at radius 1 is 1.24 bits per heavy atom. The third-order valence-electron chi connectivity index (χ3n) is 2.46. The number of hydrogen-bond acceptors (Lipinski definition) is 2. The van der Waals surface area contributed by atoms with Crippen molar-refractivity contribution in [3.05, 3.63) is 36.4 Å². The van der Waals surface area contributed by atoms with Crippen LogP contribution in [0.2, 0.25) is 0 Å². The zero-order chi connectivity index (χ0) is 12.7. The fourth-order valence-corrected chi connectivity index (χ4v) is 1.45. The maximum Gasteiger partial charge on any atom is 0.199 e.